The Morgan fingerprint density at radius 3 is 2.67 bits per heavy atom. The van der Waals surface area contributed by atoms with Gasteiger partial charge in [-0.1, -0.05) is 6.07 Å². The molecule has 0 radical (unpaired) electrons. The zero-order chi connectivity index (χ0) is 16.0. The number of carbonyl (C=O) groups excluding carboxylic acids is 1. The summed E-state index contributed by atoms with van der Waals surface area (Å²) in [6, 6.07) is 4.54. The van der Waals surface area contributed by atoms with E-state index >= 15 is 0 Å². The van der Waals surface area contributed by atoms with Crippen molar-refractivity contribution >= 4 is 21.9 Å². The minimum atomic E-state index is -1.01. The predicted octanol–water partition coefficient (Wildman–Crippen LogP) is 2.52. The fraction of sp³-hybridized carbons (Fsp3) is 0.533. The maximum atomic E-state index is 13.4. The van der Waals surface area contributed by atoms with E-state index in [4.69, 9.17) is 4.74 Å². The van der Waals surface area contributed by atoms with Crippen LogP contribution < -0.4 is 5.32 Å². The highest BCUT2D eigenvalue weighted by molar-refractivity contribution is 9.10. The van der Waals surface area contributed by atoms with Crippen molar-refractivity contribution in [3.8, 4) is 0 Å². The van der Waals surface area contributed by atoms with E-state index in [2.05, 4.69) is 21.2 Å². The van der Waals surface area contributed by atoms with Crippen molar-refractivity contribution < 1.29 is 13.9 Å². The van der Waals surface area contributed by atoms with Crippen molar-refractivity contribution in [2.75, 3.05) is 33.8 Å². The van der Waals surface area contributed by atoms with Gasteiger partial charge in [0.05, 0.1) is 11.1 Å². The number of carbonyl (C=O) groups is 1. The highest BCUT2D eigenvalue weighted by Crippen LogP contribution is 2.27. The summed E-state index contributed by atoms with van der Waals surface area (Å²) in [7, 11) is 3.91. The number of halogens is 2. The van der Waals surface area contributed by atoms with Gasteiger partial charge in [0.25, 0.3) is 0 Å². The molecule has 0 spiro atoms. The maximum Gasteiger partial charge on any atom is 0.330 e. The summed E-state index contributed by atoms with van der Waals surface area (Å²) in [4.78, 5) is 14.3. The van der Waals surface area contributed by atoms with Crippen molar-refractivity contribution in [3.63, 3.8) is 0 Å². The van der Waals surface area contributed by atoms with Crippen LogP contribution in [0.25, 0.3) is 0 Å². The first-order valence-electron chi connectivity index (χ1n) is 6.83. The van der Waals surface area contributed by atoms with Crippen LogP contribution in [0.1, 0.15) is 19.4 Å². The fourth-order valence-electron chi connectivity index (χ4n) is 1.90. The maximum absolute atomic E-state index is 13.4. The molecule has 6 heteroatoms. The van der Waals surface area contributed by atoms with Gasteiger partial charge in [0.15, 0.2) is 0 Å². The molecule has 1 N–H and O–H groups in total. The Kier molecular flexibility index (Phi) is 6.77. The molecule has 0 bridgehead atoms. The molecule has 118 valence electrons. The zero-order valence-corrected chi connectivity index (χ0v) is 14.5. The molecule has 0 aliphatic rings. The molecule has 0 aliphatic carbocycles. The lowest BCUT2D eigenvalue weighted by Crippen LogP contribution is -2.49. The third-order valence-electron chi connectivity index (χ3n) is 3.22. The molecule has 1 aromatic carbocycles. The second-order valence-corrected chi connectivity index (χ2v) is 6.06. The van der Waals surface area contributed by atoms with Gasteiger partial charge in [0.2, 0.25) is 0 Å². The summed E-state index contributed by atoms with van der Waals surface area (Å²) in [5.41, 5.74) is -0.351. The Balaban J connectivity index is 3.04. The molecule has 1 unspecified atom stereocenters. The van der Waals surface area contributed by atoms with E-state index in [0.29, 0.717) is 23.2 Å². The Bertz CT molecular complexity index is 497. The van der Waals surface area contributed by atoms with Crippen LogP contribution in [0, 0.1) is 5.82 Å². The fourth-order valence-corrected chi connectivity index (χ4v) is 2.28. The first-order chi connectivity index (χ1) is 9.81. The smallest absolute Gasteiger partial charge is 0.330 e. The first-order valence-corrected chi connectivity index (χ1v) is 7.63. The third-order valence-corrected chi connectivity index (χ3v) is 3.83. The SMILES string of the molecule is CCOC(=O)C(C)(NCCN(C)C)c1ccc(F)c(Br)c1. The van der Waals surface area contributed by atoms with E-state index in [1.54, 1.807) is 26.0 Å². The van der Waals surface area contributed by atoms with Crippen LogP contribution in [-0.4, -0.2) is 44.7 Å². The average molecular weight is 361 g/mol. The number of likely N-dealkylation sites (N-methyl/N-ethyl adjacent to an activating group) is 1. The molecule has 0 aliphatic heterocycles. The topological polar surface area (TPSA) is 41.6 Å². The monoisotopic (exact) mass is 360 g/mol. The first kappa shape index (κ1) is 18.1. The van der Waals surface area contributed by atoms with Crippen LogP contribution in [0.2, 0.25) is 0 Å². The molecule has 0 fully saturated rings. The number of nitrogens with zero attached hydrogens (tertiary/aromatic N) is 1. The number of ether oxygens (including phenoxy) is 1. The van der Waals surface area contributed by atoms with Gasteiger partial charge in [0, 0.05) is 13.1 Å². The quantitative estimate of drug-likeness (QED) is 0.758. The Morgan fingerprint density at radius 2 is 2.14 bits per heavy atom. The predicted molar refractivity (Wildman–Crippen MR) is 84.6 cm³/mol. The van der Waals surface area contributed by atoms with Crippen LogP contribution in [0.15, 0.2) is 22.7 Å². The lowest BCUT2D eigenvalue weighted by atomic mass is 9.92. The van der Waals surface area contributed by atoms with Gasteiger partial charge < -0.3 is 9.64 Å². The largest absolute Gasteiger partial charge is 0.464 e. The number of rotatable bonds is 7. The molecular formula is C15H22BrFN2O2. The normalized spacial score (nSPS) is 14.0. The van der Waals surface area contributed by atoms with Crippen LogP contribution in [0.4, 0.5) is 4.39 Å². The summed E-state index contributed by atoms with van der Waals surface area (Å²) in [5, 5.41) is 3.22. The summed E-state index contributed by atoms with van der Waals surface area (Å²) < 4.78 is 18.9. The van der Waals surface area contributed by atoms with Crippen molar-refractivity contribution in [2.45, 2.75) is 19.4 Å². The summed E-state index contributed by atoms with van der Waals surface area (Å²) in [6.45, 7) is 5.19. The standard InChI is InChI=1S/C15H22BrFN2O2/c1-5-21-14(20)15(2,18-8-9-19(3)4)11-6-7-13(17)12(16)10-11/h6-7,10,18H,5,8-9H2,1-4H3. The molecule has 0 saturated carbocycles. The molecule has 0 amide bonds. The number of benzene rings is 1. The van der Waals surface area contributed by atoms with Gasteiger partial charge >= 0.3 is 5.97 Å². The molecule has 0 heterocycles. The van der Waals surface area contributed by atoms with Gasteiger partial charge in [0.1, 0.15) is 11.4 Å². The molecular weight excluding hydrogens is 339 g/mol. The Morgan fingerprint density at radius 1 is 1.48 bits per heavy atom. The molecule has 1 rings (SSSR count). The van der Waals surface area contributed by atoms with Crippen molar-refractivity contribution in [1.29, 1.82) is 0 Å². The van der Waals surface area contributed by atoms with Crippen LogP contribution in [0.3, 0.4) is 0 Å². The van der Waals surface area contributed by atoms with Crippen LogP contribution in [-0.2, 0) is 15.1 Å². The number of esters is 1. The second kappa shape index (κ2) is 7.87. The molecule has 1 atom stereocenters. The summed E-state index contributed by atoms with van der Waals surface area (Å²) >= 11 is 3.15. The zero-order valence-electron chi connectivity index (χ0n) is 12.9. The molecule has 0 aromatic heterocycles. The van der Waals surface area contributed by atoms with E-state index in [1.807, 2.05) is 19.0 Å². The van der Waals surface area contributed by atoms with E-state index in [1.165, 1.54) is 6.07 Å². The van der Waals surface area contributed by atoms with Gasteiger partial charge in [-0.2, -0.15) is 0 Å². The van der Waals surface area contributed by atoms with Crippen LogP contribution >= 0.6 is 15.9 Å². The Labute approximate surface area is 133 Å². The highest BCUT2D eigenvalue weighted by Gasteiger charge is 2.36. The average Bonchev–Trinajstić information content (AvgIpc) is 2.41. The van der Waals surface area contributed by atoms with Gasteiger partial charge in [-0.15, -0.1) is 0 Å². The molecule has 4 nitrogen and oxygen atoms in total. The minimum absolute atomic E-state index is 0.298. The molecule has 0 saturated heterocycles. The summed E-state index contributed by atoms with van der Waals surface area (Å²) in [6.07, 6.45) is 0. The third kappa shape index (κ3) is 4.76. The number of hydrogen-bond donors (Lipinski definition) is 1. The lowest BCUT2D eigenvalue weighted by molar-refractivity contribution is -0.151. The van der Waals surface area contributed by atoms with E-state index in [9.17, 15) is 9.18 Å². The summed E-state index contributed by atoms with van der Waals surface area (Å²) in [5.74, 6) is -0.736. The minimum Gasteiger partial charge on any atom is -0.464 e. The van der Waals surface area contributed by atoms with Crippen molar-refractivity contribution in [1.82, 2.24) is 10.2 Å². The molecule has 1 aromatic rings. The number of nitrogens with one attached hydrogen (secondary N) is 1. The molecule has 21 heavy (non-hydrogen) atoms. The number of hydrogen-bond acceptors (Lipinski definition) is 4. The van der Waals surface area contributed by atoms with Gasteiger partial charge in [-0.05, 0) is 61.6 Å². The van der Waals surface area contributed by atoms with Crippen molar-refractivity contribution in [3.05, 3.63) is 34.1 Å². The van der Waals surface area contributed by atoms with Crippen LogP contribution in [0.5, 0.6) is 0 Å². The van der Waals surface area contributed by atoms with Gasteiger partial charge in [-0.25, -0.2) is 9.18 Å². The van der Waals surface area contributed by atoms with E-state index in [-0.39, 0.29) is 11.8 Å². The van der Waals surface area contributed by atoms with Gasteiger partial charge in [-0.3, -0.25) is 5.32 Å². The van der Waals surface area contributed by atoms with Crippen molar-refractivity contribution in [2.24, 2.45) is 0 Å². The van der Waals surface area contributed by atoms with E-state index in [0.717, 1.165) is 6.54 Å². The lowest BCUT2D eigenvalue weighted by Gasteiger charge is -2.30. The Hall–Kier alpha value is -0.980. The highest BCUT2D eigenvalue weighted by atomic mass is 79.9. The van der Waals surface area contributed by atoms with E-state index < -0.39 is 5.54 Å². The second-order valence-electron chi connectivity index (χ2n) is 5.20.